The topological polar surface area (TPSA) is 62.3 Å². The first kappa shape index (κ1) is 29.4. The van der Waals surface area contributed by atoms with Crippen LogP contribution in [0.15, 0.2) is 97.2 Å². The third-order valence-corrected chi connectivity index (χ3v) is 7.68. The van der Waals surface area contributed by atoms with Crippen molar-refractivity contribution in [3.05, 3.63) is 120 Å². The molecule has 0 bridgehead atoms. The summed E-state index contributed by atoms with van der Waals surface area (Å²) in [5.74, 6) is 1.38. The molecule has 0 spiro atoms. The van der Waals surface area contributed by atoms with Gasteiger partial charge in [-0.1, -0.05) is 48.5 Å². The Kier molecular flexibility index (Phi) is 9.56. The Balaban J connectivity index is 0.00000353. The van der Waals surface area contributed by atoms with Crippen molar-refractivity contribution < 1.29 is 9.13 Å². The van der Waals surface area contributed by atoms with E-state index in [9.17, 15) is 4.39 Å². The number of nitrogens with zero attached hydrogens (tertiary/aromatic N) is 5. The smallest absolute Gasteiger partial charge is 0.203 e. The third kappa shape index (κ3) is 6.83. The van der Waals surface area contributed by atoms with Crippen LogP contribution in [0.2, 0.25) is 0 Å². The highest BCUT2D eigenvalue weighted by molar-refractivity contribution is 5.85. The summed E-state index contributed by atoms with van der Waals surface area (Å²) < 4.78 is 23.0. The molecule has 7 nitrogen and oxygen atoms in total. The number of imidazole rings is 1. The van der Waals surface area contributed by atoms with Gasteiger partial charge in [0.15, 0.2) is 0 Å². The van der Waals surface area contributed by atoms with Crippen LogP contribution in [0.5, 0.6) is 5.75 Å². The zero-order chi connectivity index (χ0) is 28.0. The lowest BCUT2D eigenvalue weighted by atomic mass is 10.2. The first-order chi connectivity index (χ1) is 20.1. The lowest BCUT2D eigenvalue weighted by molar-refractivity contribution is 0.249. The number of rotatable bonds is 10. The molecular formula is C33H36ClFN6O. The number of aromatic nitrogens is 3. The van der Waals surface area contributed by atoms with E-state index < -0.39 is 0 Å². The molecule has 3 aromatic carbocycles. The van der Waals surface area contributed by atoms with Gasteiger partial charge in [-0.15, -0.1) is 12.4 Å². The van der Waals surface area contributed by atoms with Crippen LogP contribution in [-0.2, 0) is 19.6 Å². The van der Waals surface area contributed by atoms with Crippen LogP contribution in [0.25, 0.3) is 11.0 Å². The Bertz CT molecular complexity index is 1630. The van der Waals surface area contributed by atoms with Crippen LogP contribution in [0.3, 0.4) is 0 Å². The molecule has 0 saturated carbocycles. The summed E-state index contributed by atoms with van der Waals surface area (Å²) in [4.78, 5) is 9.66. The van der Waals surface area contributed by atoms with Crippen LogP contribution < -0.4 is 15.3 Å². The zero-order valence-electron chi connectivity index (χ0n) is 23.5. The van der Waals surface area contributed by atoms with E-state index in [4.69, 9.17) is 15.1 Å². The summed E-state index contributed by atoms with van der Waals surface area (Å²) in [7, 11) is 0. The van der Waals surface area contributed by atoms with E-state index in [1.807, 2.05) is 27.5 Å². The first-order valence-electron chi connectivity index (χ1n) is 14.2. The standard InChI is InChI=1S/C33H35FN6O.ClH/c34-28-12-14-29(15-13-28)41-22-6-17-39-30-9-4-5-10-31(30)40(33(39)35)25-27-11-16-32(36-23-27)38-20-18-37(19-21-38)24-26-7-2-1-3-8-26;/h1-5,7-16,23,35H,6,17-22,24-25H2;1H. The number of fused-ring (bicyclic) bond motifs is 1. The fraction of sp³-hybridized carbons (Fsp3) is 0.273. The fourth-order valence-electron chi connectivity index (χ4n) is 5.48. The number of benzene rings is 3. The molecule has 1 aliphatic heterocycles. The predicted molar refractivity (Wildman–Crippen MR) is 167 cm³/mol. The van der Waals surface area contributed by atoms with E-state index in [0.717, 1.165) is 61.6 Å². The summed E-state index contributed by atoms with van der Waals surface area (Å²) in [6.07, 6.45) is 2.68. The van der Waals surface area contributed by atoms with Gasteiger partial charge in [-0.2, -0.15) is 0 Å². The van der Waals surface area contributed by atoms with E-state index in [-0.39, 0.29) is 18.2 Å². The molecule has 2 aromatic heterocycles. The summed E-state index contributed by atoms with van der Waals surface area (Å²) in [5, 5.41) is 8.96. The molecule has 3 heterocycles. The second-order valence-corrected chi connectivity index (χ2v) is 10.5. The monoisotopic (exact) mass is 586 g/mol. The highest BCUT2D eigenvalue weighted by Crippen LogP contribution is 2.19. The van der Waals surface area contributed by atoms with Crippen LogP contribution >= 0.6 is 12.4 Å². The molecule has 1 fully saturated rings. The van der Waals surface area contributed by atoms with Gasteiger partial charge < -0.3 is 18.8 Å². The van der Waals surface area contributed by atoms with Crippen LogP contribution in [-0.4, -0.2) is 51.8 Å². The van der Waals surface area contributed by atoms with Gasteiger partial charge >= 0.3 is 0 Å². The van der Waals surface area contributed by atoms with Crippen molar-refractivity contribution in [2.24, 2.45) is 0 Å². The lowest BCUT2D eigenvalue weighted by Crippen LogP contribution is -2.46. The Morgan fingerprint density at radius 1 is 0.738 bits per heavy atom. The van der Waals surface area contributed by atoms with E-state index in [1.165, 1.54) is 17.7 Å². The number of hydrogen-bond donors (Lipinski definition) is 1. The molecule has 0 atom stereocenters. The van der Waals surface area contributed by atoms with Crippen molar-refractivity contribution in [1.82, 2.24) is 19.0 Å². The average Bonchev–Trinajstić information content (AvgIpc) is 3.27. The maximum absolute atomic E-state index is 13.1. The van der Waals surface area contributed by atoms with Gasteiger partial charge in [-0.25, -0.2) is 9.37 Å². The maximum atomic E-state index is 13.1. The van der Waals surface area contributed by atoms with E-state index in [2.05, 4.69) is 64.4 Å². The minimum Gasteiger partial charge on any atom is -0.494 e. The van der Waals surface area contributed by atoms with E-state index >= 15 is 0 Å². The second kappa shape index (κ2) is 13.7. The highest BCUT2D eigenvalue weighted by Gasteiger charge is 2.18. The van der Waals surface area contributed by atoms with Crippen molar-refractivity contribution in [1.29, 1.82) is 5.41 Å². The van der Waals surface area contributed by atoms with Crippen molar-refractivity contribution in [3.63, 3.8) is 0 Å². The largest absolute Gasteiger partial charge is 0.494 e. The average molecular weight is 587 g/mol. The van der Waals surface area contributed by atoms with Gasteiger partial charge in [0.05, 0.1) is 24.2 Å². The number of anilines is 1. The quantitative estimate of drug-likeness (QED) is 0.213. The number of halogens is 2. The van der Waals surface area contributed by atoms with Crippen LogP contribution in [0.4, 0.5) is 10.2 Å². The molecule has 1 saturated heterocycles. The van der Waals surface area contributed by atoms with E-state index in [0.29, 0.717) is 31.1 Å². The van der Waals surface area contributed by atoms with Crippen molar-refractivity contribution in [2.75, 3.05) is 37.7 Å². The highest BCUT2D eigenvalue weighted by atomic mass is 35.5. The number of ether oxygens (including phenoxy) is 1. The third-order valence-electron chi connectivity index (χ3n) is 7.68. The molecule has 6 rings (SSSR count). The second-order valence-electron chi connectivity index (χ2n) is 10.5. The lowest BCUT2D eigenvalue weighted by Gasteiger charge is -2.35. The minimum atomic E-state index is -0.276. The van der Waals surface area contributed by atoms with Crippen LogP contribution in [0, 0.1) is 11.2 Å². The minimum absolute atomic E-state index is 0. The maximum Gasteiger partial charge on any atom is 0.203 e. The normalized spacial score (nSPS) is 13.7. The number of nitrogens with one attached hydrogen (secondary N) is 1. The first-order valence-corrected chi connectivity index (χ1v) is 14.2. The molecule has 9 heteroatoms. The molecule has 1 N–H and O–H groups in total. The molecule has 218 valence electrons. The summed E-state index contributed by atoms with van der Waals surface area (Å²) in [5.41, 5.74) is 4.92. The van der Waals surface area contributed by atoms with Crippen molar-refractivity contribution >= 4 is 29.3 Å². The van der Waals surface area contributed by atoms with Gasteiger partial charge in [0.2, 0.25) is 5.62 Å². The van der Waals surface area contributed by atoms with E-state index in [1.54, 1.807) is 12.1 Å². The van der Waals surface area contributed by atoms with Gasteiger partial charge in [0.25, 0.3) is 0 Å². The Hall–Kier alpha value is -4.14. The molecule has 0 unspecified atom stereocenters. The zero-order valence-corrected chi connectivity index (χ0v) is 24.3. The Morgan fingerprint density at radius 3 is 2.12 bits per heavy atom. The summed E-state index contributed by atoms with van der Waals surface area (Å²) in [6.45, 7) is 6.67. The fourth-order valence-corrected chi connectivity index (χ4v) is 5.48. The van der Waals surface area contributed by atoms with Crippen LogP contribution in [0.1, 0.15) is 17.5 Å². The van der Waals surface area contributed by atoms with Gasteiger partial charge in [-0.05, 0) is 60.0 Å². The number of piperazine rings is 1. The van der Waals surface area contributed by atoms with Gasteiger partial charge in [-0.3, -0.25) is 10.3 Å². The van der Waals surface area contributed by atoms with Gasteiger partial charge in [0.1, 0.15) is 17.4 Å². The summed E-state index contributed by atoms with van der Waals surface area (Å²) in [6, 6.07) is 29.1. The number of para-hydroxylation sites is 2. The Morgan fingerprint density at radius 2 is 1.43 bits per heavy atom. The number of aryl methyl sites for hydroxylation is 1. The predicted octanol–water partition coefficient (Wildman–Crippen LogP) is 5.72. The molecular weight excluding hydrogens is 551 g/mol. The molecule has 0 aliphatic carbocycles. The molecule has 1 aliphatic rings. The SMILES string of the molecule is Cl.N=c1n(CCCOc2ccc(F)cc2)c2ccccc2n1Cc1ccc(N2CCN(Cc3ccccc3)CC2)nc1. The van der Waals surface area contributed by atoms with Crippen molar-refractivity contribution in [2.45, 2.75) is 26.1 Å². The number of hydrogen-bond acceptors (Lipinski definition) is 5. The molecule has 42 heavy (non-hydrogen) atoms. The Labute approximate surface area is 251 Å². The van der Waals surface area contributed by atoms with Crippen molar-refractivity contribution in [3.8, 4) is 5.75 Å². The number of pyridine rings is 1. The molecule has 0 amide bonds. The molecule has 0 radical (unpaired) electrons. The molecule has 5 aromatic rings. The summed E-state index contributed by atoms with van der Waals surface area (Å²) >= 11 is 0. The van der Waals surface area contributed by atoms with Gasteiger partial charge in [0, 0.05) is 45.5 Å².